The summed E-state index contributed by atoms with van der Waals surface area (Å²) >= 11 is 0. The number of anilines is 1. The van der Waals surface area contributed by atoms with Gasteiger partial charge in [-0.1, -0.05) is 0 Å². The highest BCUT2D eigenvalue weighted by Crippen LogP contribution is 2.22. The number of nitrogens with two attached hydrogens (primary N) is 1. The maximum atomic E-state index is 12.4. The third-order valence-corrected chi connectivity index (χ3v) is 5.20. The summed E-state index contributed by atoms with van der Waals surface area (Å²) in [5.41, 5.74) is 8.84. The summed E-state index contributed by atoms with van der Waals surface area (Å²) in [6, 6.07) is 1.94. The monoisotopic (exact) mass is 403 g/mol. The number of nitrogens with one attached hydrogen (secondary N) is 1. The molecule has 0 aliphatic carbocycles. The second-order valence-electron chi connectivity index (χ2n) is 7.49. The molecule has 5 heterocycles. The van der Waals surface area contributed by atoms with Crippen LogP contribution in [0.25, 0.3) is 28.1 Å². The zero-order valence-corrected chi connectivity index (χ0v) is 16.5. The molecule has 0 saturated carbocycles. The molecule has 1 saturated heterocycles. The molecule has 10 heteroatoms. The zero-order valence-electron chi connectivity index (χ0n) is 16.5. The van der Waals surface area contributed by atoms with Crippen LogP contribution < -0.4 is 16.2 Å². The largest absolute Gasteiger partial charge is 0.350 e. The highest BCUT2D eigenvalue weighted by Gasteiger charge is 2.21. The van der Waals surface area contributed by atoms with Crippen molar-refractivity contribution in [3.05, 3.63) is 53.1 Å². The van der Waals surface area contributed by atoms with Crippen molar-refractivity contribution in [3.63, 3.8) is 0 Å². The lowest BCUT2D eigenvalue weighted by atomic mass is 10.1. The number of pyridine rings is 1. The third-order valence-electron chi connectivity index (χ3n) is 5.20. The normalized spacial score (nSPS) is 16.9. The van der Waals surface area contributed by atoms with Gasteiger partial charge < -0.3 is 15.6 Å². The Morgan fingerprint density at radius 1 is 1.17 bits per heavy atom. The van der Waals surface area contributed by atoms with Crippen LogP contribution in [0, 0.1) is 6.92 Å². The number of fused-ring (bicyclic) bond motifs is 1. The third kappa shape index (κ3) is 3.30. The number of hydrogen-bond donors (Lipinski definition) is 2. The van der Waals surface area contributed by atoms with Gasteiger partial charge in [-0.05, 0) is 25.8 Å². The van der Waals surface area contributed by atoms with Gasteiger partial charge in [0.05, 0.1) is 29.3 Å². The quantitative estimate of drug-likeness (QED) is 0.521. The molecule has 30 heavy (non-hydrogen) atoms. The first-order valence-electron chi connectivity index (χ1n) is 9.82. The molecule has 1 unspecified atom stereocenters. The lowest BCUT2D eigenvalue weighted by Gasteiger charge is -2.31. The fraction of sp³-hybridized carbons (Fsp3) is 0.300. The van der Waals surface area contributed by atoms with Crippen LogP contribution in [0.3, 0.4) is 0 Å². The smallest absolute Gasteiger partial charge is 0.291 e. The molecule has 10 nitrogen and oxygen atoms in total. The Labute approximate surface area is 171 Å². The van der Waals surface area contributed by atoms with Crippen molar-refractivity contribution in [2.45, 2.75) is 25.8 Å². The van der Waals surface area contributed by atoms with Gasteiger partial charge >= 0.3 is 0 Å². The molecule has 0 bridgehead atoms. The predicted molar refractivity (Wildman–Crippen MR) is 112 cm³/mol. The Balaban J connectivity index is 1.59. The molecular weight excluding hydrogens is 382 g/mol. The van der Waals surface area contributed by atoms with Crippen LogP contribution in [0.4, 0.5) is 5.82 Å². The second-order valence-corrected chi connectivity index (χ2v) is 7.49. The van der Waals surface area contributed by atoms with Crippen LogP contribution in [0.15, 0.2) is 41.8 Å². The van der Waals surface area contributed by atoms with Crippen molar-refractivity contribution in [2.75, 3.05) is 18.0 Å². The van der Waals surface area contributed by atoms with Gasteiger partial charge in [0.1, 0.15) is 5.69 Å². The maximum absolute atomic E-state index is 12.4. The van der Waals surface area contributed by atoms with Crippen molar-refractivity contribution in [1.29, 1.82) is 0 Å². The van der Waals surface area contributed by atoms with Gasteiger partial charge in [0.25, 0.3) is 5.56 Å². The first-order valence-corrected chi connectivity index (χ1v) is 9.82. The fourth-order valence-corrected chi connectivity index (χ4v) is 3.74. The fourth-order valence-electron chi connectivity index (χ4n) is 3.74. The van der Waals surface area contributed by atoms with Crippen molar-refractivity contribution in [1.82, 2.24) is 34.7 Å². The van der Waals surface area contributed by atoms with Gasteiger partial charge in [0.15, 0.2) is 11.6 Å². The number of aryl methyl sites for hydroxylation is 1. The van der Waals surface area contributed by atoms with E-state index in [1.807, 2.05) is 17.9 Å². The first-order chi connectivity index (χ1) is 14.6. The number of H-pyrrole nitrogens is 1. The maximum Gasteiger partial charge on any atom is 0.291 e. The highest BCUT2D eigenvalue weighted by molar-refractivity contribution is 5.82. The Morgan fingerprint density at radius 2 is 2.07 bits per heavy atom. The molecule has 1 aliphatic heterocycles. The predicted octanol–water partition coefficient (Wildman–Crippen LogP) is 1.20. The van der Waals surface area contributed by atoms with Crippen molar-refractivity contribution < 1.29 is 0 Å². The second kappa shape index (κ2) is 7.30. The Hall–Kier alpha value is -3.66. The lowest BCUT2D eigenvalue weighted by molar-refractivity contribution is 0.501. The summed E-state index contributed by atoms with van der Waals surface area (Å²) < 4.78 is 1.69. The average molecular weight is 403 g/mol. The van der Waals surface area contributed by atoms with Gasteiger partial charge in [-0.3, -0.25) is 14.8 Å². The highest BCUT2D eigenvalue weighted by atomic mass is 16.1. The first kappa shape index (κ1) is 18.4. The minimum Gasteiger partial charge on any atom is -0.350 e. The number of piperidine rings is 1. The van der Waals surface area contributed by atoms with Crippen LogP contribution in [0.1, 0.15) is 18.5 Å². The van der Waals surface area contributed by atoms with Gasteiger partial charge in [-0.15, -0.1) is 0 Å². The summed E-state index contributed by atoms with van der Waals surface area (Å²) in [5.74, 6) is 0.886. The molecule has 5 rings (SSSR count). The van der Waals surface area contributed by atoms with Crippen LogP contribution >= 0.6 is 0 Å². The minimum atomic E-state index is -0.235. The SMILES string of the molecule is Cc1cncc(-c2cc3c(cn2)cnn3-c2c[nH]c(=O)c(N3CCCC(N)C3)n2)n1. The van der Waals surface area contributed by atoms with E-state index in [-0.39, 0.29) is 11.6 Å². The van der Waals surface area contributed by atoms with Crippen molar-refractivity contribution >= 4 is 16.7 Å². The molecule has 1 atom stereocenters. The van der Waals surface area contributed by atoms with E-state index in [4.69, 9.17) is 5.73 Å². The van der Waals surface area contributed by atoms with E-state index in [0.717, 1.165) is 36.0 Å². The van der Waals surface area contributed by atoms with Crippen LogP contribution in [-0.4, -0.2) is 53.8 Å². The molecule has 4 aromatic heterocycles. The van der Waals surface area contributed by atoms with Crippen molar-refractivity contribution in [3.8, 4) is 17.2 Å². The number of nitrogens with zero attached hydrogens (tertiary/aromatic N) is 7. The van der Waals surface area contributed by atoms with Crippen LogP contribution in [0.5, 0.6) is 0 Å². The van der Waals surface area contributed by atoms with E-state index in [9.17, 15) is 4.79 Å². The van der Waals surface area contributed by atoms with Crippen molar-refractivity contribution in [2.24, 2.45) is 5.73 Å². The Kier molecular flexibility index (Phi) is 4.47. The molecule has 3 N–H and O–H groups in total. The van der Waals surface area contributed by atoms with Crippen LogP contribution in [0.2, 0.25) is 0 Å². The molecular formula is C20H21N9O. The summed E-state index contributed by atoms with van der Waals surface area (Å²) in [6.45, 7) is 3.25. The number of aromatic nitrogens is 7. The summed E-state index contributed by atoms with van der Waals surface area (Å²) in [6.07, 6.45) is 10.3. The van der Waals surface area contributed by atoms with E-state index in [1.165, 1.54) is 0 Å². The molecule has 1 aliphatic rings. The van der Waals surface area contributed by atoms with E-state index in [1.54, 1.807) is 35.7 Å². The number of aromatic amines is 1. The average Bonchev–Trinajstić information content (AvgIpc) is 3.17. The zero-order chi connectivity index (χ0) is 20.7. The molecule has 0 radical (unpaired) electrons. The summed E-state index contributed by atoms with van der Waals surface area (Å²) in [7, 11) is 0. The Bertz CT molecular complexity index is 1280. The van der Waals surface area contributed by atoms with E-state index >= 15 is 0 Å². The topological polar surface area (TPSA) is 132 Å². The number of hydrogen-bond acceptors (Lipinski definition) is 8. The molecule has 0 spiro atoms. The van der Waals surface area contributed by atoms with E-state index < -0.39 is 0 Å². The van der Waals surface area contributed by atoms with E-state index in [2.05, 4.69) is 30.0 Å². The van der Waals surface area contributed by atoms with Gasteiger partial charge in [0, 0.05) is 43.1 Å². The summed E-state index contributed by atoms with van der Waals surface area (Å²) in [5, 5.41) is 5.32. The molecule has 4 aromatic rings. The molecule has 152 valence electrons. The van der Waals surface area contributed by atoms with Crippen LogP contribution in [-0.2, 0) is 0 Å². The van der Waals surface area contributed by atoms with Gasteiger partial charge in [-0.2, -0.15) is 5.10 Å². The summed E-state index contributed by atoms with van der Waals surface area (Å²) in [4.78, 5) is 34.9. The molecule has 0 aromatic carbocycles. The van der Waals surface area contributed by atoms with E-state index in [0.29, 0.717) is 29.6 Å². The standard InChI is InChI=1S/C20H21N9O/c1-12-6-22-9-16(26-12)15-5-17-13(7-23-15)8-25-29(17)18-10-24-20(30)19(27-18)28-4-2-3-14(21)11-28/h5-10,14H,2-4,11,21H2,1H3,(H,24,30). The Morgan fingerprint density at radius 3 is 2.90 bits per heavy atom. The molecule has 1 fully saturated rings. The minimum absolute atomic E-state index is 0.0400. The molecule has 0 amide bonds. The number of rotatable bonds is 3. The lowest BCUT2D eigenvalue weighted by Crippen LogP contribution is -2.45. The van der Waals surface area contributed by atoms with Gasteiger partial charge in [-0.25, -0.2) is 14.6 Å². The van der Waals surface area contributed by atoms with Gasteiger partial charge in [0.2, 0.25) is 0 Å².